The molecule has 0 N–H and O–H groups in total. The lowest BCUT2D eigenvalue weighted by molar-refractivity contribution is -0.130. The number of benzene rings is 2. The maximum absolute atomic E-state index is 13.3. The summed E-state index contributed by atoms with van der Waals surface area (Å²) in [7, 11) is 0. The molecule has 3 aromatic rings. The lowest BCUT2D eigenvalue weighted by Gasteiger charge is -2.34. The van der Waals surface area contributed by atoms with Crippen LogP contribution in [0.3, 0.4) is 0 Å². The molecular weight excluding hydrogens is 370 g/mol. The number of aromatic nitrogens is 1. The molecule has 0 radical (unpaired) electrons. The summed E-state index contributed by atoms with van der Waals surface area (Å²) in [6, 6.07) is 19.8. The Kier molecular flexibility index (Phi) is 5.21. The van der Waals surface area contributed by atoms with Crippen LogP contribution in [0.4, 0.5) is 0 Å². The zero-order valence-electron chi connectivity index (χ0n) is 15.7. The molecule has 5 nitrogen and oxygen atoms in total. The second kappa shape index (κ2) is 7.94. The molecule has 0 aliphatic carbocycles. The Morgan fingerprint density at radius 3 is 1.93 bits per heavy atom. The third-order valence-electron chi connectivity index (χ3n) is 4.90. The number of thiazole rings is 1. The van der Waals surface area contributed by atoms with Gasteiger partial charge in [0, 0.05) is 44.2 Å². The van der Waals surface area contributed by atoms with Gasteiger partial charge in [-0.3, -0.25) is 9.59 Å². The largest absolute Gasteiger partial charge is 0.339 e. The lowest BCUT2D eigenvalue weighted by Crippen LogP contribution is -2.50. The Bertz CT molecular complexity index is 978. The summed E-state index contributed by atoms with van der Waals surface area (Å²) in [6.07, 6.45) is 0. The molecule has 2 amide bonds. The Morgan fingerprint density at radius 2 is 1.36 bits per heavy atom. The standard InChI is InChI=1S/C22H21N3O2S/c1-16(26)24-12-14-25(15-13-24)22(27)20-19(17-8-4-2-5-9-17)23-21(28-20)18-10-6-3-7-11-18/h2-11H,12-15H2,1H3. The van der Waals surface area contributed by atoms with Crippen molar-refractivity contribution < 1.29 is 9.59 Å². The fourth-order valence-corrected chi connectivity index (χ4v) is 4.39. The van der Waals surface area contributed by atoms with Crippen LogP contribution in [-0.4, -0.2) is 52.8 Å². The van der Waals surface area contributed by atoms with Gasteiger partial charge in [-0.15, -0.1) is 11.3 Å². The highest BCUT2D eigenvalue weighted by molar-refractivity contribution is 7.17. The molecule has 28 heavy (non-hydrogen) atoms. The number of piperazine rings is 1. The molecule has 1 saturated heterocycles. The topological polar surface area (TPSA) is 53.5 Å². The van der Waals surface area contributed by atoms with E-state index >= 15 is 0 Å². The summed E-state index contributed by atoms with van der Waals surface area (Å²) in [5.41, 5.74) is 2.67. The van der Waals surface area contributed by atoms with Gasteiger partial charge < -0.3 is 9.80 Å². The van der Waals surface area contributed by atoms with Crippen molar-refractivity contribution in [3.8, 4) is 21.8 Å². The monoisotopic (exact) mass is 391 g/mol. The fourth-order valence-electron chi connectivity index (χ4n) is 3.33. The average Bonchev–Trinajstić information content (AvgIpc) is 3.20. The first-order valence-corrected chi connectivity index (χ1v) is 10.1. The van der Waals surface area contributed by atoms with E-state index in [1.807, 2.05) is 65.6 Å². The van der Waals surface area contributed by atoms with Crippen molar-refractivity contribution >= 4 is 23.2 Å². The third-order valence-corrected chi connectivity index (χ3v) is 5.99. The van der Waals surface area contributed by atoms with E-state index in [1.54, 1.807) is 11.8 Å². The molecule has 0 atom stereocenters. The number of carbonyl (C=O) groups excluding carboxylic acids is 2. The predicted octanol–water partition coefficient (Wildman–Crippen LogP) is 3.78. The maximum Gasteiger partial charge on any atom is 0.266 e. The van der Waals surface area contributed by atoms with Crippen LogP contribution >= 0.6 is 11.3 Å². The van der Waals surface area contributed by atoms with Crippen molar-refractivity contribution in [3.63, 3.8) is 0 Å². The molecule has 2 heterocycles. The van der Waals surface area contributed by atoms with Crippen molar-refractivity contribution in [2.24, 2.45) is 0 Å². The quantitative estimate of drug-likeness (QED) is 0.683. The van der Waals surface area contributed by atoms with Crippen LogP contribution in [-0.2, 0) is 4.79 Å². The molecule has 6 heteroatoms. The van der Waals surface area contributed by atoms with E-state index < -0.39 is 0 Å². The molecule has 1 fully saturated rings. The maximum atomic E-state index is 13.3. The third kappa shape index (κ3) is 3.68. The van der Waals surface area contributed by atoms with Gasteiger partial charge >= 0.3 is 0 Å². The van der Waals surface area contributed by atoms with E-state index in [9.17, 15) is 9.59 Å². The van der Waals surface area contributed by atoms with Gasteiger partial charge in [0.2, 0.25) is 5.91 Å². The Hall–Kier alpha value is -2.99. The highest BCUT2D eigenvalue weighted by Gasteiger charge is 2.28. The summed E-state index contributed by atoms with van der Waals surface area (Å²) in [6.45, 7) is 3.81. The zero-order chi connectivity index (χ0) is 19.5. The molecule has 4 rings (SSSR count). The summed E-state index contributed by atoms with van der Waals surface area (Å²) in [5.74, 6) is 0.0444. The number of carbonyl (C=O) groups is 2. The van der Waals surface area contributed by atoms with Crippen molar-refractivity contribution in [1.29, 1.82) is 0 Å². The van der Waals surface area contributed by atoms with Gasteiger partial charge in [0.05, 0.1) is 5.69 Å². The fraction of sp³-hybridized carbons (Fsp3) is 0.227. The van der Waals surface area contributed by atoms with Crippen molar-refractivity contribution in [3.05, 3.63) is 65.5 Å². The molecule has 1 aromatic heterocycles. The normalized spacial score (nSPS) is 14.2. The molecule has 0 bridgehead atoms. The van der Waals surface area contributed by atoms with Crippen molar-refractivity contribution in [1.82, 2.24) is 14.8 Å². The highest BCUT2D eigenvalue weighted by Crippen LogP contribution is 2.34. The molecule has 2 aromatic carbocycles. The second-order valence-corrected chi connectivity index (χ2v) is 7.73. The number of nitrogens with zero attached hydrogens (tertiary/aromatic N) is 3. The van der Waals surface area contributed by atoms with Crippen LogP contribution in [0.5, 0.6) is 0 Å². The highest BCUT2D eigenvalue weighted by atomic mass is 32.1. The summed E-state index contributed by atoms with van der Waals surface area (Å²) in [4.78, 5) is 33.9. The zero-order valence-corrected chi connectivity index (χ0v) is 16.5. The van der Waals surface area contributed by atoms with Crippen molar-refractivity contribution in [2.45, 2.75) is 6.92 Å². The van der Waals surface area contributed by atoms with E-state index in [0.717, 1.165) is 21.8 Å². The van der Waals surface area contributed by atoms with Crippen LogP contribution in [0.1, 0.15) is 16.6 Å². The molecule has 0 spiro atoms. The average molecular weight is 391 g/mol. The first-order chi connectivity index (χ1) is 13.6. The Morgan fingerprint density at radius 1 is 0.821 bits per heavy atom. The van der Waals surface area contributed by atoms with E-state index in [1.165, 1.54) is 11.3 Å². The van der Waals surface area contributed by atoms with E-state index in [0.29, 0.717) is 31.1 Å². The van der Waals surface area contributed by atoms with Gasteiger partial charge in [0.1, 0.15) is 9.88 Å². The summed E-state index contributed by atoms with van der Waals surface area (Å²) in [5, 5.41) is 0.838. The summed E-state index contributed by atoms with van der Waals surface area (Å²) >= 11 is 1.43. The van der Waals surface area contributed by atoms with E-state index in [2.05, 4.69) is 0 Å². The van der Waals surface area contributed by atoms with Crippen molar-refractivity contribution in [2.75, 3.05) is 26.2 Å². The Balaban J connectivity index is 1.68. The van der Waals surface area contributed by atoms with Gasteiger partial charge in [0.15, 0.2) is 0 Å². The molecule has 142 valence electrons. The second-order valence-electron chi connectivity index (χ2n) is 6.73. The van der Waals surface area contributed by atoms with Gasteiger partial charge in [-0.1, -0.05) is 60.7 Å². The van der Waals surface area contributed by atoms with Crippen LogP contribution in [0.15, 0.2) is 60.7 Å². The molecule has 0 saturated carbocycles. The molecule has 1 aliphatic heterocycles. The summed E-state index contributed by atoms with van der Waals surface area (Å²) < 4.78 is 0. The number of hydrogen-bond acceptors (Lipinski definition) is 4. The SMILES string of the molecule is CC(=O)N1CCN(C(=O)c2sc(-c3ccccc3)nc2-c2ccccc2)CC1. The predicted molar refractivity (Wildman–Crippen MR) is 111 cm³/mol. The van der Waals surface area contributed by atoms with Gasteiger partial charge in [-0.2, -0.15) is 0 Å². The molecule has 0 unspecified atom stereocenters. The Labute approximate surface area is 168 Å². The number of rotatable bonds is 3. The smallest absolute Gasteiger partial charge is 0.266 e. The minimum atomic E-state index is -0.0123. The van der Waals surface area contributed by atoms with E-state index in [-0.39, 0.29) is 11.8 Å². The van der Waals surface area contributed by atoms with Gasteiger partial charge in [-0.05, 0) is 0 Å². The number of hydrogen-bond donors (Lipinski definition) is 0. The van der Waals surface area contributed by atoms with Gasteiger partial charge in [0.25, 0.3) is 5.91 Å². The molecular formula is C22H21N3O2S. The lowest BCUT2D eigenvalue weighted by atomic mass is 10.1. The van der Waals surface area contributed by atoms with Crippen LogP contribution in [0.2, 0.25) is 0 Å². The van der Waals surface area contributed by atoms with Gasteiger partial charge in [-0.25, -0.2) is 4.98 Å². The first-order valence-electron chi connectivity index (χ1n) is 9.30. The van der Waals surface area contributed by atoms with E-state index in [4.69, 9.17) is 4.98 Å². The molecule has 1 aliphatic rings. The minimum absolute atomic E-state index is 0.0123. The minimum Gasteiger partial charge on any atom is -0.339 e. The first kappa shape index (κ1) is 18.4. The number of amides is 2. The van der Waals surface area contributed by atoms with Crippen LogP contribution < -0.4 is 0 Å². The van der Waals surface area contributed by atoms with Crippen LogP contribution in [0.25, 0.3) is 21.8 Å². The van der Waals surface area contributed by atoms with Crippen LogP contribution in [0, 0.1) is 0 Å².